The van der Waals surface area contributed by atoms with Crippen LogP contribution in [0.15, 0.2) is 91.0 Å². The quantitative estimate of drug-likeness (QED) is 0.420. The van der Waals surface area contributed by atoms with Gasteiger partial charge < -0.3 is 4.90 Å². The second kappa shape index (κ2) is 5.61. The number of fused-ring (bicyclic) bond motifs is 5. The summed E-state index contributed by atoms with van der Waals surface area (Å²) < 4.78 is 0. The van der Waals surface area contributed by atoms with E-state index in [1.807, 2.05) is 18.2 Å². The highest BCUT2D eigenvalue weighted by Gasteiger charge is 2.42. The number of hydrogen-bond acceptors (Lipinski definition) is 2. The lowest BCUT2D eigenvalue weighted by Crippen LogP contribution is -2.54. The van der Waals surface area contributed by atoms with Gasteiger partial charge in [-0.05, 0) is 52.4 Å². The summed E-state index contributed by atoms with van der Waals surface area (Å²) >= 11 is 0. The molecule has 2 heterocycles. The maximum atomic E-state index is 9.74. The SMILES string of the molecule is N#Cc1cccc2c1-c1cccc3c1B2c1ccccc1N3c1ccccc1. The molecule has 0 fully saturated rings. The predicted molar refractivity (Wildman–Crippen MR) is 116 cm³/mol. The lowest BCUT2D eigenvalue weighted by molar-refractivity contribution is 1.30. The molecule has 0 bridgehead atoms. The van der Waals surface area contributed by atoms with E-state index in [1.54, 1.807) is 0 Å². The molecule has 6 rings (SSSR count). The van der Waals surface area contributed by atoms with Crippen molar-refractivity contribution in [2.75, 3.05) is 4.90 Å². The molecule has 2 aliphatic heterocycles. The summed E-state index contributed by atoms with van der Waals surface area (Å²) in [5.74, 6) is 0. The van der Waals surface area contributed by atoms with Crippen molar-refractivity contribution in [1.29, 1.82) is 5.26 Å². The van der Waals surface area contributed by atoms with Gasteiger partial charge in [0, 0.05) is 17.1 Å². The fourth-order valence-electron chi connectivity index (χ4n) is 4.87. The standard InChI is InChI=1S/C25H15BN2/c27-16-17-8-6-13-21-24(17)19-11-7-15-23-25(19)26(21)20-12-4-5-14-22(20)28(23)18-9-2-1-3-10-18/h1-15H. The summed E-state index contributed by atoms with van der Waals surface area (Å²) in [5, 5.41) is 9.74. The monoisotopic (exact) mass is 354 g/mol. The molecule has 0 atom stereocenters. The molecule has 0 amide bonds. The van der Waals surface area contributed by atoms with Crippen LogP contribution >= 0.6 is 0 Å². The minimum Gasteiger partial charge on any atom is -0.312 e. The molecule has 0 aliphatic carbocycles. The van der Waals surface area contributed by atoms with Crippen molar-refractivity contribution in [3.63, 3.8) is 0 Å². The fraction of sp³-hybridized carbons (Fsp3) is 0. The molecule has 0 radical (unpaired) electrons. The Kier molecular flexibility index (Phi) is 3.07. The Hall–Kier alpha value is -3.77. The average molecular weight is 354 g/mol. The molecule has 128 valence electrons. The predicted octanol–water partition coefficient (Wildman–Crippen LogP) is 3.84. The zero-order valence-corrected chi connectivity index (χ0v) is 15.1. The topological polar surface area (TPSA) is 27.0 Å². The average Bonchev–Trinajstić information content (AvgIpc) is 3.11. The zero-order chi connectivity index (χ0) is 18.7. The summed E-state index contributed by atoms with van der Waals surface area (Å²) in [5.41, 5.74) is 10.4. The van der Waals surface area contributed by atoms with E-state index in [0.717, 1.165) is 16.8 Å². The molecule has 3 heteroatoms. The molecule has 0 unspecified atom stereocenters. The molecule has 0 aromatic heterocycles. The van der Waals surface area contributed by atoms with Gasteiger partial charge in [0.15, 0.2) is 0 Å². The van der Waals surface area contributed by atoms with Gasteiger partial charge in [0.25, 0.3) is 0 Å². The summed E-state index contributed by atoms with van der Waals surface area (Å²) in [7, 11) is 0. The van der Waals surface area contributed by atoms with Gasteiger partial charge in [0.2, 0.25) is 6.71 Å². The van der Waals surface area contributed by atoms with E-state index in [9.17, 15) is 5.26 Å². The van der Waals surface area contributed by atoms with Gasteiger partial charge in [-0.25, -0.2) is 0 Å². The van der Waals surface area contributed by atoms with Crippen LogP contribution < -0.4 is 21.3 Å². The maximum absolute atomic E-state index is 9.74. The first-order valence-electron chi connectivity index (χ1n) is 9.49. The van der Waals surface area contributed by atoms with Gasteiger partial charge in [-0.15, -0.1) is 0 Å². The molecule has 2 nitrogen and oxygen atoms in total. The van der Waals surface area contributed by atoms with Gasteiger partial charge in [0.1, 0.15) is 0 Å². The van der Waals surface area contributed by atoms with Gasteiger partial charge in [-0.3, -0.25) is 0 Å². The molecule has 0 spiro atoms. The van der Waals surface area contributed by atoms with E-state index in [2.05, 4.69) is 83.8 Å². The molecule has 0 saturated heterocycles. The van der Waals surface area contributed by atoms with Crippen molar-refractivity contribution in [3.8, 4) is 17.2 Å². The van der Waals surface area contributed by atoms with Gasteiger partial charge in [0.05, 0.1) is 11.6 Å². The molecule has 0 N–H and O–H groups in total. The normalized spacial score (nSPS) is 12.8. The lowest BCUT2D eigenvalue weighted by Gasteiger charge is -2.35. The number of anilines is 3. The summed E-state index contributed by atoms with van der Waals surface area (Å²) in [6.07, 6.45) is 0. The first kappa shape index (κ1) is 15.3. The number of hydrogen-bond donors (Lipinski definition) is 0. The van der Waals surface area contributed by atoms with Crippen LogP contribution in [-0.2, 0) is 0 Å². The molecule has 2 aliphatic rings. The van der Waals surface area contributed by atoms with E-state index in [0.29, 0.717) is 0 Å². The largest absolute Gasteiger partial charge is 0.312 e. The van der Waals surface area contributed by atoms with Crippen molar-refractivity contribution >= 4 is 40.2 Å². The maximum Gasteiger partial charge on any atom is 0.248 e. The number of benzene rings is 4. The van der Waals surface area contributed by atoms with Crippen LogP contribution in [0, 0.1) is 11.3 Å². The Morgan fingerprint density at radius 3 is 2.25 bits per heavy atom. The second-order valence-corrected chi connectivity index (χ2v) is 7.28. The molecule has 28 heavy (non-hydrogen) atoms. The minimum atomic E-state index is 0.172. The highest BCUT2D eigenvalue weighted by Crippen LogP contribution is 2.40. The summed E-state index contributed by atoms with van der Waals surface area (Å²) in [6, 6.07) is 34.1. The van der Waals surface area contributed by atoms with E-state index in [-0.39, 0.29) is 6.71 Å². The highest BCUT2D eigenvalue weighted by molar-refractivity contribution is 7.01. The minimum absolute atomic E-state index is 0.172. The lowest BCUT2D eigenvalue weighted by atomic mass is 9.37. The van der Waals surface area contributed by atoms with Crippen LogP contribution in [0.1, 0.15) is 5.56 Å². The van der Waals surface area contributed by atoms with Crippen molar-refractivity contribution < 1.29 is 0 Å². The summed E-state index contributed by atoms with van der Waals surface area (Å²) in [6.45, 7) is 0.172. The van der Waals surface area contributed by atoms with Gasteiger partial charge in [-0.1, -0.05) is 66.1 Å². The number of rotatable bonds is 1. The molecule has 4 aromatic rings. The molecule has 0 saturated carbocycles. The number of para-hydroxylation sites is 2. The Morgan fingerprint density at radius 2 is 1.39 bits per heavy atom. The van der Waals surface area contributed by atoms with Crippen molar-refractivity contribution in [2.24, 2.45) is 0 Å². The van der Waals surface area contributed by atoms with Gasteiger partial charge in [-0.2, -0.15) is 5.26 Å². The highest BCUT2D eigenvalue weighted by atomic mass is 15.1. The number of nitrogens with zero attached hydrogens (tertiary/aromatic N) is 2. The van der Waals surface area contributed by atoms with E-state index in [4.69, 9.17) is 0 Å². The molecular formula is C25H15BN2. The molecule has 4 aromatic carbocycles. The molecular weight excluding hydrogens is 339 g/mol. The smallest absolute Gasteiger partial charge is 0.248 e. The first-order valence-corrected chi connectivity index (χ1v) is 9.49. The van der Waals surface area contributed by atoms with Crippen LogP contribution in [0.25, 0.3) is 11.1 Å². The van der Waals surface area contributed by atoms with E-state index >= 15 is 0 Å². The third kappa shape index (κ3) is 1.87. The Morgan fingerprint density at radius 1 is 0.679 bits per heavy atom. The van der Waals surface area contributed by atoms with Gasteiger partial charge >= 0.3 is 0 Å². The third-order valence-electron chi connectivity index (χ3n) is 5.91. The van der Waals surface area contributed by atoms with E-state index in [1.165, 1.54) is 33.3 Å². The summed E-state index contributed by atoms with van der Waals surface area (Å²) in [4.78, 5) is 2.35. The first-order chi connectivity index (χ1) is 13.9. The van der Waals surface area contributed by atoms with Crippen LogP contribution in [-0.4, -0.2) is 6.71 Å². The van der Waals surface area contributed by atoms with Crippen molar-refractivity contribution in [2.45, 2.75) is 0 Å². The fourth-order valence-corrected chi connectivity index (χ4v) is 4.87. The van der Waals surface area contributed by atoms with Crippen LogP contribution in [0.2, 0.25) is 0 Å². The van der Waals surface area contributed by atoms with Crippen LogP contribution in [0.5, 0.6) is 0 Å². The van der Waals surface area contributed by atoms with Crippen LogP contribution in [0.3, 0.4) is 0 Å². The van der Waals surface area contributed by atoms with Crippen molar-refractivity contribution in [3.05, 3.63) is 96.6 Å². The number of nitriles is 1. The zero-order valence-electron chi connectivity index (χ0n) is 15.1. The third-order valence-corrected chi connectivity index (χ3v) is 5.91. The Balaban J connectivity index is 1.74. The van der Waals surface area contributed by atoms with Crippen molar-refractivity contribution in [1.82, 2.24) is 0 Å². The second-order valence-electron chi connectivity index (χ2n) is 7.28. The Labute approximate surface area is 164 Å². The Bertz CT molecular complexity index is 1290. The van der Waals surface area contributed by atoms with Crippen LogP contribution in [0.4, 0.5) is 17.1 Å². The van der Waals surface area contributed by atoms with E-state index < -0.39 is 0 Å².